The maximum Gasteiger partial charge on any atom is 0.137 e. The van der Waals surface area contributed by atoms with Gasteiger partial charge >= 0.3 is 0 Å². The molecule has 2 aromatic rings. The van der Waals surface area contributed by atoms with Crippen molar-refractivity contribution in [2.24, 2.45) is 5.73 Å². The molecule has 0 aliphatic heterocycles. The molecule has 19 heavy (non-hydrogen) atoms. The number of halogens is 1. The summed E-state index contributed by atoms with van der Waals surface area (Å²) >= 11 is 8.49. The van der Waals surface area contributed by atoms with Crippen molar-refractivity contribution in [1.29, 1.82) is 0 Å². The number of rotatable bonds is 3. The SMILES string of the molecule is Cc1ccc(C(N)=S)c(Oc2ccc(Br)cc2C)c1. The van der Waals surface area contributed by atoms with E-state index < -0.39 is 0 Å². The molecule has 2 aromatic carbocycles. The van der Waals surface area contributed by atoms with Crippen molar-refractivity contribution in [3.05, 3.63) is 57.6 Å². The summed E-state index contributed by atoms with van der Waals surface area (Å²) in [7, 11) is 0. The van der Waals surface area contributed by atoms with E-state index in [4.69, 9.17) is 22.7 Å². The highest BCUT2D eigenvalue weighted by Crippen LogP contribution is 2.30. The molecule has 0 aliphatic rings. The average Bonchev–Trinajstić information content (AvgIpc) is 2.32. The smallest absolute Gasteiger partial charge is 0.137 e. The second-order valence-corrected chi connectivity index (χ2v) is 5.73. The lowest BCUT2D eigenvalue weighted by Crippen LogP contribution is -2.11. The minimum absolute atomic E-state index is 0.338. The molecule has 0 saturated heterocycles. The Hall–Kier alpha value is -1.39. The highest BCUT2D eigenvalue weighted by molar-refractivity contribution is 9.10. The van der Waals surface area contributed by atoms with Crippen LogP contribution in [-0.4, -0.2) is 4.99 Å². The first-order valence-corrected chi connectivity index (χ1v) is 7.02. The molecular weight excluding hydrogens is 322 g/mol. The van der Waals surface area contributed by atoms with Gasteiger partial charge in [-0.15, -0.1) is 0 Å². The number of hydrogen-bond acceptors (Lipinski definition) is 2. The second kappa shape index (κ2) is 5.72. The molecule has 2 nitrogen and oxygen atoms in total. The van der Waals surface area contributed by atoms with Gasteiger partial charge in [-0.2, -0.15) is 0 Å². The number of ether oxygens (including phenoxy) is 1. The lowest BCUT2D eigenvalue weighted by Gasteiger charge is -2.13. The molecule has 2 N–H and O–H groups in total. The van der Waals surface area contributed by atoms with Gasteiger partial charge in [0.1, 0.15) is 16.5 Å². The molecule has 0 saturated carbocycles. The lowest BCUT2D eigenvalue weighted by molar-refractivity contribution is 0.477. The van der Waals surface area contributed by atoms with E-state index in [9.17, 15) is 0 Å². The van der Waals surface area contributed by atoms with Gasteiger partial charge in [-0.3, -0.25) is 0 Å². The van der Waals surface area contributed by atoms with E-state index in [1.54, 1.807) is 0 Å². The summed E-state index contributed by atoms with van der Waals surface area (Å²) in [6.07, 6.45) is 0. The average molecular weight is 336 g/mol. The Labute approximate surface area is 126 Å². The van der Waals surface area contributed by atoms with E-state index in [2.05, 4.69) is 15.9 Å². The molecule has 4 heteroatoms. The van der Waals surface area contributed by atoms with Crippen molar-refractivity contribution in [2.75, 3.05) is 0 Å². The Morgan fingerprint density at radius 2 is 1.84 bits per heavy atom. The largest absolute Gasteiger partial charge is 0.456 e. The summed E-state index contributed by atoms with van der Waals surface area (Å²) in [5.41, 5.74) is 8.62. The van der Waals surface area contributed by atoms with Crippen LogP contribution in [0.1, 0.15) is 16.7 Å². The molecule has 2 rings (SSSR count). The van der Waals surface area contributed by atoms with Crippen molar-refractivity contribution in [1.82, 2.24) is 0 Å². The maximum atomic E-state index is 5.95. The standard InChI is InChI=1S/C15H14BrNOS/c1-9-3-5-12(15(17)19)14(7-9)18-13-6-4-11(16)8-10(13)2/h3-8H,1-2H3,(H2,17,19). The summed E-state index contributed by atoms with van der Waals surface area (Å²) in [4.78, 5) is 0.338. The Morgan fingerprint density at radius 1 is 1.11 bits per heavy atom. The first-order valence-electron chi connectivity index (χ1n) is 5.82. The van der Waals surface area contributed by atoms with Crippen LogP contribution in [0.4, 0.5) is 0 Å². The van der Waals surface area contributed by atoms with Crippen LogP contribution >= 0.6 is 28.1 Å². The fourth-order valence-electron chi connectivity index (χ4n) is 1.76. The van der Waals surface area contributed by atoms with E-state index >= 15 is 0 Å². The quantitative estimate of drug-likeness (QED) is 0.839. The molecular formula is C15H14BrNOS. The Kier molecular flexibility index (Phi) is 4.22. The third-order valence-electron chi connectivity index (χ3n) is 2.76. The van der Waals surface area contributed by atoms with Crippen LogP contribution in [0.15, 0.2) is 40.9 Å². The predicted octanol–water partition coefficient (Wildman–Crippen LogP) is 4.49. The van der Waals surface area contributed by atoms with E-state index in [0.29, 0.717) is 10.7 Å². The molecule has 0 bridgehead atoms. The van der Waals surface area contributed by atoms with Crippen molar-refractivity contribution in [3.8, 4) is 11.5 Å². The molecule has 0 fully saturated rings. The molecule has 0 aliphatic carbocycles. The zero-order valence-electron chi connectivity index (χ0n) is 10.7. The Bertz CT molecular complexity index is 640. The van der Waals surface area contributed by atoms with Gasteiger partial charge in [-0.25, -0.2) is 0 Å². The van der Waals surface area contributed by atoms with Crippen LogP contribution in [0.2, 0.25) is 0 Å². The molecule has 0 unspecified atom stereocenters. The minimum Gasteiger partial charge on any atom is -0.456 e. The van der Waals surface area contributed by atoms with Gasteiger partial charge in [0, 0.05) is 4.47 Å². The van der Waals surface area contributed by atoms with Gasteiger partial charge in [-0.05, 0) is 55.3 Å². The summed E-state index contributed by atoms with van der Waals surface area (Å²) < 4.78 is 6.97. The second-order valence-electron chi connectivity index (χ2n) is 4.38. The van der Waals surface area contributed by atoms with Gasteiger partial charge in [-0.1, -0.05) is 34.2 Å². The van der Waals surface area contributed by atoms with Gasteiger partial charge in [0.15, 0.2) is 0 Å². The maximum absolute atomic E-state index is 5.95. The summed E-state index contributed by atoms with van der Waals surface area (Å²) in [5.74, 6) is 1.49. The summed E-state index contributed by atoms with van der Waals surface area (Å²) in [6, 6.07) is 11.7. The van der Waals surface area contributed by atoms with Crippen molar-refractivity contribution >= 4 is 33.1 Å². The molecule has 0 aromatic heterocycles. The number of thiocarbonyl (C=S) groups is 1. The fourth-order valence-corrected chi connectivity index (χ4v) is 2.41. The molecule has 0 heterocycles. The zero-order chi connectivity index (χ0) is 14.0. The van der Waals surface area contributed by atoms with E-state index in [-0.39, 0.29) is 0 Å². The van der Waals surface area contributed by atoms with Gasteiger partial charge < -0.3 is 10.5 Å². The van der Waals surface area contributed by atoms with Crippen LogP contribution in [-0.2, 0) is 0 Å². The minimum atomic E-state index is 0.338. The zero-order valence-corrected chi connectivity index (χ0v) is 13.1. The Balaban J connectivity index is 2.42. The topological polar surface area (TPSA) is 35.2 Å². The van der Waals surface area contributed by atoms with E-state index in [0.717, 1.165) is 26.9 Å². The van der Waals surface area contributed by atoms with Crippen LogP contribution in [0, 0.1) is 13.8 Å². The summed E-state index contributed by atoms with van der Waals surface area (Å²) in [5, 5.41) is 0. The lowest BCUT2D eigenvalue weighted by atomic mass is 10.1. The first kappa shape index (κ1) is 14.0. The third kappa shape index (κ3) is 3.33. The van der Waals surface area contributed by atoms with Gasteiger partial charge in [0.25, 0.3) is 0 Å². The number of benzene rings is 2. The van der Waals surface area contributed by atoms with Crippen molar-refractivity contribution < 1.29 is 4.74 Å². The predicted molar refractivity (Wildman–Crippen MR) is 86.0 cm³/mol. The first-order chi connectivity index (χ1) is 8.97. The number of hydrogen-bond donors (Lipinski definition) is 1. The highest BCUT2D eigenvalue weighted by Gasteiger charge is 2.09. The van der Waals surface area contributed by atoms with Crippen LogP contribution < -0.4 is 10.5 Å². The third-order valence-corrected chi connectivity index (χ3v) is 3.47. The molecule has 98 valence electrons. The number of nitrogens with two attached hydrogens (primary N) is 1. The molecule has 0 atom stereocenters. The Morgan fingerprint density at radius 3 is 2.47 bits per heavy atom. The summed E-state index contributed by atoms with van der Waals surface area (Å²) in [6.45, 7) is 4.00. The van der Waals surface area contributed by atoms with Crippen LogP contribution in [0.5, 0.6) is 11.5 Å². The van der Waals surface area contributed by atoms with Gasteiger partial charge in [0.2, 0.25) is 0 Å². The highest BCUT2D eigenvalue weighted by atomic mass is 79.9. The van der Waals surface area contributed by atoms with Crippen LogP contribution in [0.3, 0.4) is 0 Å². The van der Waals surface area contributed by atoms with Crippen molar-refractivity contribution in [2.45, 2.75) is 13.8 Å². The number of aryl methyl sites for hydroxylation is 2. The van der Waals surface area contributed by atoms with Crippen LogP contribution in [0.25, 0.3) is 0 Å². The van der Waals surface area contributed by atoms with E-state index in [1.807, 2.05) is 50.2 Å². The molecule has 0 spiro atoms. The molecule has 0 amide bonds. The normalized spacial score (nSPS) is 10.3. The monoisotopic (exact) mass is 335 g/mol. The molecule has 0 radical (unpaired) electrons. The fraction of sp³-hybridized carbons (Fsp3) is 0.133. The van der Waals surface area contributed by atoms with Gasteiger partial charge in [0.05, 0.1) is 5.56 Å². The van der Waals surface area contributed by atoms with Crippen molar-refractivity contribution in [3.63, 3.8) is 0 Å². The van der Waals surface area contributed by atoms with E-state index in [1.165, 1.54) is 0 Å².